The molecule has 51 heavy (non-hydrogen) atoms. The zero-order valence-electron chi connectivity index (χ0n) is 28.7. The van der Waals surface area contributed by atoms with Crippen molar-refractivity contribution in [3.05, 3.63) is 60.6 Å². The predicted octanol–water partition coefficient (Wildman–Crippen LogP) is 6.77. The number of fused-ring (bicyclic) bond motifs is 2. The molecule has 0 aliphatic carbocycles. The van der Waals surface area contributed by atoms with Crippen molar-refractivity contribution in [1.82, 2.24) is 30.0 Å². The number of nitrogens with one attached hydrogen (secondary N) is 1. The zero-order valence-corrected chi connectivity index (χ0v) is 28.7. The highest BCUT2D eigenvalue weighted by atomic mass is 19.4. The molecule has 2 aromatic heterocycles. The topological polar surface area (TPSA) is 114 Å². The maximum Gasteiger partial charge on any atom is 0.422 e. The van der Waals surface area contributed by atoms with Crippen LogP contribution in [-0.2, 0) is 4.79 Å². The van der Waals surface area contributed by atoms with E-state index in [1.807, 2.05) is 30.0 Å². The number of ether oxygens (including phenoxy) is 1. The minimum absolute atomic E-state index is 0.0234. The Hall–Kier alpha value is -4.96. The molecule has 3 aliphatic rings. The molecule has 5 heterocycles. The second-order valence-electron chi connectivity index (χ2n) is 14.1. The number of alkyl halides is 3. The van der Waals surface area contributed by atoms with Crippen LogP contribution in [0.5, 0.6) is 5.75 Å². The quantitative estimate of drug-likeness (QED) is 0.191. The van der Waals surface area contributed by atoms with Gasteiger partial charge in [-0.2, -0.15) is 23.5 Å². The number of amides is 1. The summed E-state index contributed by atoms with van der Waals surface area (Å²) in [6, 6.07) is 7.95. The van der Waals surface area contributed by atoms with Gasteiger partial charge in [0, 0.05) is 66.8 Å². The van der Waals surface area contributed by atoms with Crippen LogP contribution in [0, 0.1) is 23.7 Å². The van der Waals surface area contributed by atoms with Crippen molar-refractivity contribution in [2.45, 2.75) is 51.1 Å². The average molecular weight is 699 g/mol. The summed E-state index contributed by atoms with van der Waals surface area (Å²) in [6.07, 6.45) is 3.74. The van der Waals surface area contributed by atoms with Crippen LogP contribution in [0.2, 0.25) is 0 Å². The maximum absolute atomic E-state index is 14.0. The SMILES string of the molecule is C=CC(=O)N1CC2(CCN(c3nc(C4CCN(CCC#N)CC4)nc4c(OCC(F)(F)F)c(-c5c(C)ccc6[nH]ncc56)c(C=C)cc34)CC2)C1. The Morgan fingerprint density at radius 3 is 2.53 bits per heavy atom. The van der Waals surface area contributed by atoms with Crippen molar-refractivity contribution in [2.75, 3.05) is 57.3 Å². The molecule has 266 valence electrons. The van der Waals surface area contributed by atoms with E-state index in [2.05, 4.69) is 39.2 Å². The van der Waals surface area contributed by atoms with E-state index >= 15 is 0 Å². The van der Waals surface area contributed by atoms with E-state index in [1.165, 1.54) is 6.08 Å². The van der Waals surface area contributed by atoms with Gasteiger partial charge in [-0.25, -0.2) is 9.97 Å². The van der Waals surface area contributed by atoms with E-state index in [1.54, 1.807) is 12.3 Å². The van der Waals surface area contributed by atoms with Gasteiger partial charge >= 0.3 is 6.18 Å². The number of aryl methyl sites for hydroxylation is 1. The highest BCUT2D eigenvalue weighted by Crippen LogP contribution is 2.48. The summed E-state index contributed by atoms with van der Waals surface area (Å²) in [4.78, 5) is 28.8. The lowest BCUT2D eigenvalue weighted by atomic mass is 9.72. The fourth-order valence-corrected chi connectivity index (χ4v) is 8.03. The maximum atomic E-state index is 14.0. The molecule has 0 radical (unpaired) electrons. The number of aromatic amines is 1. The summed E-state index contributed by atoms with van der Waals surface area (Å²) in [5.41, 5.74) is 3.72. The van der Waals surface area contributed by atoms with Gasteiger partial charge in [-0.15, -0.1) is 0 Å². The molecule has 1 N–H and O–H groups in total. The normalized spacial score (nSPS) is 18.2. The van der Waals surface area contributed by atoms with Crippen LogP contribution in [0.15, 0.2) is 43.6 Å². The van der Waals surface area contributed by atoms with Crippen molar-refractivity contribution in [1.29, 1.82) is 5.26 Å². The molecular formula is C38H41F3N8O2. The number of hydrogen-bond acceptors (Lipinski definition) is 8. The van der Waals surface area contributed by atoms with Crippen LogP contribution in [0.1, 0.15) is 55.0 Å². The molecule has 3 aliphatic heterocycles. The third-order valence-electron chi connectivity index (χ3n) is 10.8. The lowest BCUT2D eigenvalue weighted by Gasteiger charge is -2.54. The molecule has 0 bridgehead atoms. The van der Waals surface area contributed by atoms with Crippen molar-refractivity contribution in [2.24, 2.45) is 5.41 Å². The summed E-state index contributed by atoms with van der Waals surface area (Å²) < 4.78 is 47.7. The molecular weight excluding hydrogens is 657 g/mol. The number of rotatable bonds is 9. The molecule has 0 saturated carbocycles. The van der Waals surface area contributed by atoms with Gasteiger partial charge in [0.1, 0.15) is 17.2 Å². The fraction of sp³-hybridized carbons (Fsp3) is 0.447. The van der Waals surface area contributed by atoms with E-state index in [0.717, 1.165) is 55.2 Å². The number of piperidine rings is 2. The Balaban J connectivity index is 1.38. The molecule has 2 aromatic carbocycles. The first-order valence-electron chi connectivity index (χ1n) is 17.4. The van der Waals surface area contributed by atoms with Crippen LogP contribution in [0.3, 0.4) is 0 Å². The van der Waals surface area contributed by atoms with Crippen molar-refractivity contribution in [3.8, 4) is 22.9 Å². The minimum Gasteiger partial charge on any atom is -0.481 e. The first-order valence-corrected chi connectivity index (χ1v) is 17.4. The van der Waals surface area contributed by atoms with Gasteiger partial charge in [-0.05, 0) is 80.6 Å². The molecule has 10 nitrogen and oxygen atoms in total. The Labute approximate surface area is 294 Å². The number of carbonyl (C=O) groups is 1. The molecule has 3 saturated heterocycles. The van der Waals surface area contributed by atoms with E-state index in [9.17, 15) is 18.0 Å². The van der Waals surface area contributed by atoms with Gasteiger partial charge in [0.05, 0.1) is 17.8 Å². The number of nitrogens with zero attached hydrogens (tertiary/aromatic N) is 7. The fourth-order valence-electron chi connectivity index (χ4n) is 8.03. The highest BCUT2D eigenvalue weighted by molar-refractivity contribution is 6.07. The summed E-state index contributed by atoms with van der Waals surface area (Å²) >= 11 is 0. The number of hydrogen-bond donors (Lipinski definition) is 1. The smallest absolute Gasteiger partial charge is 0.422 e. The largest absolute Gasteiger partial charge is 0.481 e. The Morgan fingerprint density at radius 2 is 1.86 bits per heavy atom. The number of benzene rings is 2. The molecule has 4 aromatic rings. The summed E-state index contributed by atoms with van der Waals surface area (Å²) in [5.74, 6) is 1.20. The summed E-state index contributed by atoms with van der Waals surface area (Å²) in [5, 5.41) is 17.6. The van der Waals surface area contributed by atoms with E-state index in [-0.39, 0.29) is 23.0 Å². The molecule has 0 unspecified atom stereocenters. The number of nitriles is 1. The Bertz CT molecular complexity index is 2030. The lowest BCUT2D eigenvalue weighted by Crippen LogP contribution is -2.61. The number of carbonyl (C=O) groups excluding carboxylic acids is 1. The highest BCUT2D eigenvalue weighted by Gasteiger charge is 2.46. The Morgan fingerprint density at radius 1 is 1.12 bits per heavy atom. The molecule has 1 spiro atoms. The molecule has 1 amide bonds. The average Bonchev–Trinajstić information content (AvgIpc) is 3.60. The van der Waals surface area contributed by atoms with Crippen LogP contribution in [0.4, 0.5) is 19.0 Å². The van der Waals surface area contributed by atoms with Gasteiger partial charge in [0.25, 0.3) is 0 Å². The number of halogens is 3. The third-order valence-corrected chi connectivity index (χ3v) is 10.8. The van der Waals surface area contributed by atoms with Crippen LogP contribution < -0.4 is 9.64 Å². The number of anilines is 1. The van der Waals surface area contributed by atoms with Gasteiger partial charge in [0.2, 0.25) is 5.91 Å². The van der Waals surface area contributed by atoms with Crippen molar-refractivity contribution < 1.29 is 22.7 Å². The lowest BCUT2D eigenvalue weighted by molar-refractivity contribution is -0.153. The second kappa shape index (κ2) is 13.6. The summed E-state index contributed by atoms with van der Waals surface area (Å²) in [6.45, 7) is 13.1. The van der Waals surface area contributed by atoms with E-state index in [4.69, 9.17) is 20.0 Å². The van der Waals surface area contributed by atoms with Gasteiger partial charge < -0.3 is 19.4 Å². The molecule has 13 heteroatoms. The minimum atomic E-state index is -4.59. The number of H-pyrrole nitrogens is 1. The third kappa shape index (κ3) is 6.65. The van der Waals surface area contributed by atoms with Crippen LogP contribution >= 0.6 is 0 Å². The van der Waals surface area contributed by atoms with Gasteiger partial charge in [-0.1, -0.05) is 25.3 Å². The van der Waals surface area contributed by atoms with Gasteiger partial charge in [-0.3, -0.25) is 9.89 Å². The number of aromatic nitrogens is 4. The second-order valence-corrected chi connectivity index (χ2v) is 14.1. The first-order chi connectivity index (χ1) is 24.5. The predicted molar refractivity (Wildman–Crippen MR) is 190 cm³/mol. The molecule has 0 atom stereocenters. The standard InChI is InChI=1S/C38H41F3N8O2/c1-4-25-19-27-33(34(51-23-38(39,40)41)32(25)31-24(3)7-8-29-28(31)20-43-46-29)44-35(26-9-15-47(16-10-26)14-6-13-42)45-36(27)48-17-11-37(12-18-48)21-49(22-37)30(50)5-2/h4-5,7-8,19-20,26H,1-2,6,9-12,14-18,21-23H2,3H3,(H,43,46). The molecule has 3 fully saturated rings. The number of likely N-dealkylation sites (tertiary alicyclic amines) is 2. The van der Waals surface area contributed by atoms with Gasteiger partial charge in [0.15, 0.2) is 12.4 Å². The van der Waals surface area contributed by atoms with Crippen LogP contribution in [0.25, 0.3) is 39.0 Å². The van der Waals surface area contributed by atoms with Crippen molar-refractivity contribution in [3.63, 3.8) is 0 Å². The summed E-state index contributed by atoms with van der Waals surface area (Å²) in [7, 11) is 0. The van der Waals surface area contributed by atoms with Crippen LogP contribution in [-0.4, -0.2) is 94.5 Å². The molecule has 7 rings (SSSR count). The van der Waals surface area contributed by atoms with E-state index in [0.29, 0.717) is 78.4 Å². The monoisotopic (exact) mass is 698 g/mol. The van der Waals surface area contributed by atoms with E-state index < -0.39 is 12.8 Å². The Kier molecular flexibility index (Phi) is 9.22. The zero-order chi connectivity index (χ0) is 35.9. The first kappa shape index (κ1) is 34.5. The van der Waals surface area contributed by atoms with Crippen molar-refractivity contribution >= 4 is 39.6 Å².